The molecule has 4 aromatic carbocycles. The van der Waals surface area contributed by atoms with Crippen molar-refractivity contribution < 1.29 is 23.8 Å². The molecule has 2 N–H and O–H groups in total. The van der Waals surface area contributed by atoms with Gasteiger partial charge in [-0.1, -0.05) is 72.8 Å². The first kappa shape index (κ1) is 26.4. The third kappa shape index (κ3) is 6.73. The van der Waals surface area contributed by atoms with E-state index < -0.39 is 11.8 Å². The number of anilines is 1. The highest BCUT2D eigenvalue weighted by Crippen LogP contribution is 2.37. The quantitative estimate of drug-likeness (QED) is 0.224. The third-order valence-electron chi connectivity index (χ3n) is 5.97. The summed E-state index contributed by atoms with van der Waals surface area (Å²) in [6.45, 7) is 2.16. The normalized spacial score (nSPS) is 10.9. The number of hydrogen-bond acceptors (Lipinski definition) is 3. The van der Waals surface area contributed by atoms with E-state index in [1.165, 1.54) is 12.1 Å². The predicted octanol–water partition coefficient (Wildman–Crippen LogP) is 7.07. The number of carbonyl (C=O) groups is 2. The predicted molar refractivity (Wildman–Crippen MR) is 147 cm³/mol. The monoisotopic (exact) mass is 509 g/mol. The lowest BCUT2D eigenvalue weighted by atomic mass is 9.95. The van der Waals surface area contributed by atoms with Crippen LogP contribution in [0.15, 0.2) is 103 Å². The van der Waals surface area contributed by atoms with Crippen molar-refractivity contribution >= 4 is 17.6 Å². The zero-order chi connectivity index (χ0) is 26.9. The van der Waals surface area contributed by atoms with E-state index in [-0.39, 0.29) is 30.1 Å². The lowest BCUT2D eigenvalue weighted by molar-refractivity contribution is -0.115. The Morgan fingerprint density at radius 3 is 2.26 bits per heavy atom. The fourth-order valence-corrected chi connectivity index (χ4v) is 4.15. The van der Waals surface area contributed by atoms with E-state index in [2.05, 4.69) is 5.32 Å². The number of rotatable bonds is 10. The number of benzene rings is 4. The van der Waals surface area contributed by atoms with Gasteiger partial charge in [0.1, 0.15) is 18.2 Å². The van der Waals surface area contributed by atoms with Crippen LogP contribution in [0, 0.1) is 5.82 Å². The summed E-state index contributed by atoms with van der Waals surface area (Å²) in [6, 6.07) is 26.0. The molecule has 0 saturated carbocycles. The van der Waals surface area contributed by atoms with Gasteiger partial charge in [0.25, 0.3) is 0 Å². The van der Waals surface area contributed by atoms with E-state index in [4.69, 9.17) is 4.74 Å². The molecule has 0 aliphatic rings. The van der Waals surface area contributed by atoms with Gasteiger partial charge in [0, 0.05) is 5.56 Å². The summed E-state index contributed by atoms with van der Waals surface area (Å²) in [7, 11) is 0. The first-order valence-electron chi connectivity index (χ1n) is 12.3. The van der Waals surface area contributed by atoms with Crippen molar-refractivity contribution in [2.75, 3.05) is 5.32 Å². The van der Waals surface area contributed by atoms with Gasteiger partial charge in [-0.2, -0.15) is 0 Å². The second-order valence-electron chi connectivity index (χ2n) is 8.77. The molecular formula is C32H28FNO4. The van der Waals surface area contributed by atoms with Gasteiger partial charge in [0.2, 0.25) is 5.91 Å². The van der Waals surface area contributed by atoms with E-state index in [1.54, 1.807) is 12.1 Å². The van der Waals surface area contributed by atoms with E-state index in [0.717, 1.165) is 22.8 Å². The molecule has 0 saturated heterocycles. The minimum Gasteiger partial charge on any atom is -0.486 e. The average molecular weight is 510 g/mol. The van der Waals surface area contributed by atoms with Gasteiger partial charge in [-0.05, 0) is 65.9 Å². The van der Waals surface area contributed by atoms with Gasteiger partial charge in [-0.25, -0.2) is 9.18 Å². The molecule has 0 aromatic heterocycles. The zero-order valence-corrected chi connectivity index (χ0v) is 21.0. The van der Waals surface area contributed by atoms with Gasteiger partial charge in [0.15, 0.2) is 0 Å². The number of hydrogen-bond donors (Lipinski definition) is 2. The van der Waals surface area contributed by atoms with Crippen LogP contribution < -0.4 is 10.1 Å². The Hall–Kier alpha value is -4.71. The minimum atomic E-state index is -1.17. The smallest absolute Gasteiger partial charge is 0.336 e. The van der Waals surface area contributed by atoms with E-state index in [1.807, 2.05) is 79.7 Å². The topological polar surface area (TPSA) is 75.6 Å². The van der Waals surface area contributed by atoms with Crippen LogP contribution in [0.4, 0.5) is 10.1 Å². The number of aromatic carboxylic acids is 1. The number of amides is 1. The average Bonchev–Trinajstić information content (AvgIpc) is 2.92. The van der Waals surface area contributed by atoms with Crippen molar-refractivity contribution in [3.05, 3.63) is 131 Å². The molecular weight excluding hydrogens is 481 g/mol. The van der Waals surface area contributed by atoms with E-state index >= 15 is 0 Å². The number of halogens is 1. The van der Waals surface area contributed by atoms with Crippen LogP contribution in [0.25, 0.3) is 11.1 Å². The van der Waals surface area contributed by atoms with Gasteiger partial charge in [-0.3, -0.25) is 4.79 Å². The summed E-state index contributed by atoms with van der Waals surface area (Å²) in [4.78, 5) is 25.0. The van der Waals surface area contributed by atoms with Crippen molar-refractivity contribution in [1.29, 1.82) is 0 Å². The molecule has 4 aromatic rings. The van der Waals surface area contributed by atoms with Crippen LogP contribution in [0.2, 0.25) is 0 Å². The Morgan fingerprint density at radius 2 is 1.61 bits per heavy atom. The van der Waals surface area contributed by atoms with Crippen molar-refractivity contribution in [3.8, 4) is 16.9 Å². The molecule has 5 nitrogen and oxygen atoms in total. The summed E-state index contributed by atoms with van der Waals surface area (Å²) < 4.78 is 20.5. The highest BCUT2D eigenvalue weighted by atomic mass is 19.1. The molecule has 0 spiro atoms. The zero-order valence-electron chi connectivity index (χ0n) is 21.0. The standard InChI is InChI=1S/C32H28FNO4/c1-2-3-14-24-18-25(28-20-26(33)15-16-27(28)32(36)37)19-29(31(24)38-21-23-12-8-5-9-13-23)34-30(35)17-22-10-6-4-7-11-22/h2-13,15-16,18-20H,14,17,21H2,1H3,(H,34,35)(H,36,37)/b3-2+. The van der Waals surface area contributed by atoms with Crippen molar-refractivity contribution in [2.45, 2.75) is 26.4 Å². The maximum atomic E-state index is 14.2. The molecule has 6 heteroatoms. The molecule has 0 aliphatic carbocycles. The Morgan fingerprint density at radius 1 is 0.921 bits per heavy atom. The first-order valence-corrected chi connectivity index (χ1v) is 12.3. The molecule has 0 radical (unpaired) electrons. The maximum Gasteiger partial charge on any atom is 0.336 e. The van der Waals surface area contributed by atoms with Gasteiger partial charge in [-0.15, -0.1) is 0 Å². The molecule has 1 amide bonds. The number of allylic oxidation sites excluding steroid dienone is 2. The molecule has 0 fully saturated rings. The molecule has 0 heterocycles. The van der Waals surface area contributed by atoms with Crippen LogP contribution >= 0.6 is 0 Å². The molecule has 38 heavy (non-hydrogen) atoms. The van der Waals surface area contributed by atoms with Crippen molar-refractivity contribution in [1.82, 2.24) is 0 Å². The third-order valence-corrected chi connectivity index (χ3v) is 5.97. The number of carboxylic acid groups (broad SMARTS) is 1. The summed E-state index contributed by atoms with van der Waals surface area (Å²) >= 11 is 0. The largest absolute Gasteiger partial charge is 0.486 e. The van der Waals surface area contributed by atoms with Crippen LogP contribution in [-0.4, -0.2) is 17.0 Å². The Bertz CT molecular complexity index is 1450. The molecule has 0 bridgehead atoms. The Kier molecular flexibility index (Phi) is 8.67. The van der Waals surface area contributed by atoms with E-state index in [0.29, 0.717) is 23.4 Å². The van der Waals surface area contributed by atoms with Crippen LogP contribution in [-0.2, 0) is 24.2 Å². The second kappa shape index (κ2) is 12.5. The fourth-order valence-electron chi connectivity index (χ4n) is 4.15. The summed E-state index contributed by atoms with van der Waals surface area (Å²) in [6.07, 6.45) is 4.45. The fraction of sp³-hybridized carbons (Fsp3) is 0.125. The van der Waals surface area contributed by atoms with Gasteiger partial charge in [0.05, 0.1) is 17.7 Å². The molecule has 0 atom stereocenters. The Labute approximate surface area is 221 Å². The van der Waals surface area contributed by atoms with Gasteiger partial charge >= 0.3 is 5.97 Å². The number of carbonyl (C=O) groups excluding carboxylic acids is 1. The lowest BCUT2D eigenvalue weighted by Gasteiger charge is -2.19. The SMILES string of the molecule is C/C=C/Cc1cc(-c2cc(F)ccc2C(=O)O)cc(NC(=O)Cc2ccccc2)c1OCc1ccccc1. The minimum absolute atomic E-state index is 0.0390. The lowest BCUT2D eigenvalue weighted by Crippen LogP contribution is -2.16. The molecule has 192 valence electrons. The summed E-state index contributed by atoms with van der Waals surface area (Å²) in [5, 5.41) is 12.7. The number of nitrogens with one attached hydrogen (secondary N) is 1. The van der Waals surface area contributed by atoms with Gasteiger partial charge < -0.3 is 15.2 Å². The molecule has 0 aliphatic heterocycles. The summed E-state index contributed by atoms with van der Waals surface area (Å²) in [5.74, 6) is -1.51. The highest BCUT2D eigenvalue weighted by molar-refractivity contribution is 5.98. The maximum absolute atomic E-state index is 14.2. The molecule has 4 rings (SSSR count). The molecule has 0 unspecified atom stereocenters. The Balaban J connectivity index is 1.81. The van der Waals surface area contributed by atoms with Crippen LogP contribution in [0.5, 0.6) is 5.75 Å². The first-order chi connectivity index (χ1) is 18.4. The van der Waals surface area contributed by atoms with Crippen molar-refractivity contribution in [3.63, 3.8) is 0 Å². The summed E-state index contributed by atoms with van der Waals surface area (Å²) in [5.41, 5.74) is 3.55. The highest BCUT2D eigenvalue weighted by Gasteiger charge is 2.19. The van der Waals surface area contributed by atoms with E-state index in [9.17, 15) is 19.1 Å². The second-order valence-corrected chi connectivity index (χ2v) is 8.77. The van der Waals surface area contributed by atoms with Crippen LogP contribution in [0.3, 0.4) is 0 Å². The number of ether oxygens (including phenoxy) is 1. The van der Waals surface area contributed by atoms with Crippen LogP contribution in [0.1, 0.15) is 34.0 Å². The van der Waals surface area contributed by atoms with Crippen molar-refractivity contribution in [2.24, 2.45) is 0 Å². The number of carboxylic acids is 1.